The second-order valence-electron chi connectivity index (χ2n) is 4.58. The molecule has 0 aliphatic heterocycles. The van der Waals surface area contributed by atoms with Crippen molar-refractivity contribution in [1.82, 2.24) is 10.2 Å². The van der Waals surface area contributed by atoms with Crippen LogP contribution in [0.3, 0.4) is 0 Å². The van der Waals surface area contributed by atoms with Crippen LogP contribution in [0.25, 0.3) is 0 Å². The first-order chi connectivity index (χ1) is 11.1. The fourth-order valence-electron chi connectivity index (χ4n) is 1.89. The Balaban J connectivity index is 1.72. The van der Waals surface area contributed by atoms with Crippen LogP contribution in [0.5, 0.6) is 0 Å². The van der Waals surface area contributed by atoms with Crippen LogP contribution in [-0.4, -0.2) is 22.0 Å². The molecule has 0 saturated carbocycles. The van der Waals surface area contributed by atoms with Crippen LogP contribution in [0.1, 0.15) is 20.9 Å². The Bertz CT molecular complexity index is 842. The van der Waals surface area contributed by atoms with Gasteiger partial charge in [0.15, 0.2) is 10.4 Å². The molecule has 2 heterocycles. The van der Waals surface area contributed by atoms with Crippen molar-refractivity contribution < 1.29 is 14.0 Å². The molecule has 3 aromatic rings. The molecule has 0 radical (unpaired) electrons. The predicted octanol–water partition coefficient (Wildman–Crippen LogP) is 3.27. The van der Waals surface area contributed by atoms with E-state index in [9.17, 15) is 9.59 Å². The largest absolute Gasteiger partial charge is 0.444 e. The van der Waals surface area contributed by atoms with Crippen LogP contribution in [-0.2, 0) is 0 Å². The molecule has 3 N–H and O–H groups in total. The molecule has 2 aromatic heterocycles. The minimum Gasteiger partial charge on any atom is -0.444 e. The minimum absolute atomic E-state index is 0.171. The molecular formula is C15H11BrN4O3. The molecule has 8 heteroatoms. The number of hydrogen-bond acceptors (Lipinski definition) is 4. The molecule has 23 heavy (non-hydrogen) atoms. The number of H-pyrrole nitrogens is 1. The number of amides is 2. The summed E-state index contributed by atoms with van der Waals surface area (Å²) in [4.78, 5) is 24.2. The van der Waals surface area contributed by atoms with Gasteiger partial charge in [0.1, 0.15) is 0 Å². The molecule has 3 rings (SSSR count). The van der Waals surface area contributed by atoms with E-state index in [4.69, 9.17) is 4.42 Å². The average molecular weight is 375 g/mol. The zero-order valence-corrected chi connectivity index (χ0v) is 13.3. The van der Waals surface area contributed by atoms with Gasteiger partial charge in [-0.25, -0.2) is 0 Å². The van der Waals surface area contributed by atoms with Gasteiger partial charge >= 0.3 is 0 Å². The van der Waals surface area contributed by atoms with Crippen molar-refractivity contribution in [2.45, 2.75) is 0 Å². The SMILES string of the molecule is O=C(Nc1cn[nH]c1)c1cccc(NC(=O)c2ccc(Br)o2)c1. The summed E-state index contributed by atoms with van der Waals surface area (Å²) in [5.41, 5.74) is 1.46. The molecule has 0 saturated heterocycles. The van der Waals surface area contributed by atoms with Gasteiger partial charge in [0.25, 0.3) is 11.8 Å². The molecular weight excluding hydrogens is 364 g/mol. The molecule has 0 fully saturated rings. The van der Waals surface area contributed by atoms with E-state index < -0.39 is 5.91 Å². The van der Waals surface area contributed by atoms with Crippen LogP contribution >= 0.6 is 15.9 Å². The normalized spacial score (nSPS) is 10.3. The van der Waals surface area contributed by atoms with Crippen molar-refractivity contribution in [3.8, 4) is 0 Å². The second kappa shape index (κ2) is 6.49. The first kappa shape index (κ1) is 15.0. The number of nitrogens with zero attached hydrogens (tertiary/aromatic N) is 1. The molecule has 116 valence electrons. The van der Waals surface area contributed by atoms with Gasteiger partial charge in [-0.1, -0.05) is 6.07 Å². The third-order valence-corrected chi connectivity index (χ3v) is 3.36. The Kier molecular flexibility index (Phi) is 4.24. The fraction of sp³-hybridized carbons (Fsp3) is 0. The molecule has 0 spiro atoms. The summed E-state index contributed by atoms with van der Waals surface area (Å²) in [6.45, 7) is 0. The van der Waals surface area contributed by atoms with Gasteiger partial charge in [-0.05, 0) is 46.3 Å². The number of carbonyl (C=O) groups is 2. The monoisotopic (exact) mass is 374 g/mol. The Morgan fingerprint density at radius 3 is 2.61 bits per heavy atom. The van der Waals surface area contributed by atoms with Gasteiger partial charge in [-0.2, -0.15) is 5.10 Å². The number of carbonyl (C=O) groups excluding carboxylic acids is 2. The molecule has 2 amide bonds. The third-order valence-electron chi connectivity index (χ3n) is 2.94. The Morgan fingerprint density at radius 2 is 1.91 bits per heavy atom. The summed E-state index contributed by atoms with van der Waals surface area (Å²) in [7, 11) is 0. The highest BCUT2D eigenvalue weighted by atomic mass is 79.9. The van der Waals surface area contributed by atoms with Crippen molar-refractivity contribution in [3.05, 3.63) is 64.8 Å². The molecule has 0 aliphatic rings. The first-order valence-electron chi connectivity index (χ1n) is 6.59. The predicted molar refractivity (Wildman–Crippen MR) is 87.3 cm³/mol. The summed E-state index contributed by atoms with van der Waals surface area (Å²) in [6.07, 6.45) is 3.07. The van der Waals surface area contributed by atoms with E-state index >= 15 is 0 Å². The highest BCUT2D eigenvalue weighted by Crippen LogP contribution is 2.17. The number of anilines is 2. The van der Waals surface area contributed by atoms with Gasteiger partial charge < -0.3 is 15.1 Å². The van der Waals surface area contributed by atoms with E-state index in [1.165, 1.54) is 6.20 Å². The first-order valence-corrected chi connectivity index (χ1v) is 7.38. The zero-order valence-electron chi connectivity index (χ0n) is 11.7. The number of aromatic amines is 1. The lowest BCUT2D eigenvalue weighted by molar-refractivity contribution is 0.0992. The summed E-state index contributed by atoms with van der Waals surface area (Å²) >= 11 is 3.14. The summed E-state index contributed by atoms with van der Waals surface area (Å²) in [6, 6.07) is 9.76. The smallest absolute Gasteiger partial charge is 0.291 e. The molecule has 0 bridgehead atoms. The number of aromatic nitrogens is 2. The molecule has 1 aromatic carbocycles. The Labute approximate surface area is 139 Å². The van der Waals surface area contributed by atoms with Crippen molar-refractivity contribution in [2.24, 2.45) is 0 Å². The van der Waals surface area contributed by atoms with Gasteiger partial charge in [0, 0.05) is 17.4 Å². The van der Waals surface area contributed by atoms with Gasteiger partial charge in [-0.15, -0.1) is 0 Å². The van der Waals surface area contributed by atoms with Crippen LogP contribution in [0.15, 0.2) is 57.9 Å². The summed E-state index contributed by atoms with van der Waals surface area (Å²) < 4.78 is 5.65. The molecule has 0 atom stereocenters. The maximum absolute atomic E-state index is 12.1. The van der Waals surface area contributed by atoms with Crippen LogP contribution < -0.4 is 10.6 Å². The minimum atomic E-state index is -0.400. The van der Waals surface area contributed by atoms with Gasteiger partial charge in [0.2, 0.25) is 0 Å². The number of benzene rings is 1. The van der Waals surface area contributed by atoms with Crippen molar-refractivity contribution in [1.29, 1.82) is 0 Å². The van der Waals surface area contributed by atoms with E-state index in [0.717, 1.165) is 0 Å². The van der Waals surface area contributed by atoms with Gasteiger partial charge in [-0.3, -0.25) is 14.7 Å². The number of rotatable bonds is 4. The maximum atomic E-state index is 12.1. The highest BCUT2D eigenvalue weighted by Gasteiger charge is 2.12. The van der Waals surface area contributed by atoms with Crippen molar-refractivity contribution in [2.75, 3.05) is 10.6 Å². The van der Waals surface area contributed by atoms with E-state index in [-0.39, 0.29) is 11.7 Å². The molecule has 0 unspecified atom stereocenters. The van der Waals surface area contributed by atoms with Gasteiger partial charge in [0.05, 0.1) is 11.9 Å². The number of furan rings is 1. The third kappa shape index (κ3) is 3.67. The van der Waals surface area contributed by atoms with Crippen LogP contribution in [0.2, 0.25) is 0 Å². The zero-order chi connectivity index (χ0) is 16.2. The topological polar surface area (TPSA) is 100 Å². The maximum Gasteiger partial charge on any atom is 0.291 e. The fourth-order valence-corrected chi connectivity index (χ4v) is 2.20. The number of nitrogens with one attached hydrogen (secondary N) is 3. The van der Waals surface area contributed by atoms with Crippen molar-refractivity contribution in [3.63, 3.8) is 0 Å². The summed E-state index contributed by atoms with van der Waals surface area (Å²) in [5.74, 6) is -0.531. The molecule has 0 aliphatic carbocycles. The van der Waals surface area contributed by atoms with E-state index in [2.05, 4.69) is 36.8 Å². The van der Waals surface area contributed by atoms with E-state index in [1.54, 1.807) is 42.6 Å². The standard InChI is InChI=1S/C15H11BrN4O3/c16-13-5-4-12(23-13)15(22)19-10-3-1-2-9(6-10)14(21)20-11-7-17-18-8-11/h1-8H,(H,17,18)(H,19,22)(H,20,21). The van der Waals surface area contributed by atoms with Crippen molar-refractivity contribution >= 4 is 39.1 Å². The van der Waals surface area contributed by atoms with E-state index in [1.807, 2.05) is 0 Å². The number of hydrogen-bond donors (Lipinski definition) is 3. The molecule has 7 nitrogen and oxygen atoms in total. The lowest BCUT2D eigenvalue weighted by atomic mass is 10.2. The highest BCUT2D eigenvalue weighted by molar-refractivity contribution is 9.10. The van der Waals surface area contributed by atoms with Crippen LogP contribution in [0.4, 0.5) is 11.4 Å². The quantitative estimate of drug-likeness (QED) is 0.652. The second-order valence-corrected chi connectivity index (χ2v) is 5.36. The lowest BCUT2D eigenvalue weighted by Gasteiger charge is -2.06. The lowest BCUT2D eigenvalue weighted by Crippen LogP contribution is -2.14. The van der Waals surface area contributed by atoms with Crippen LogP contribution in [0, 0.1) is 0 Å². The average Bonchev–Trinajstić information content (AvgIpc) is 3.19. The number of halogens is 1. The van der Waals surface area contributed by atoms with E-state index in [0.29, 0.717) is 21.6 Å². The Morgan fingerprint density at radius 1 is 1.09 bits per heavy atom. The Hall–Kier alpha value is -2.87. The summed E-state index contributed by atoms with van der Waals surface area (Å²) in [5, 5.41) is 11.7.